The van der Waals surface area contributed by atoms with Gasteiger partial charge in [-0.15, -0.1) is 0 Å². The van der Waals surface area contributed by atoms with Crippen LogP contribution in [-0.2, 0) is 16.1 Å². The van der Waals surface area contributed by atoms with E-state index in [1.54, 1.807) is 7.05 Å². The molecule has 1 atom stereocenters. The first-order valence-corrected chi connectivity index (χ1v) is 8.78. The van der Waals surface area contributed by atoms with E-state index < -0.39 is 0 Å². The van der Waals surface area contributed by atoms with Crippen LogP contribution < -0.4 is 11.1 Å². The second-order valence-electron chi connectivity index (χ2n) is 6.66. The molecule has 134 valence electrons. The van der Waals surface area contributed by atoms with Gasteiger partial charge in [0.05, 0.1) is 0 Å². The second kappa shape index (κ2) is 7.59. The van der Waals surface area contributed by atoms with Gasteiger partial charge < -0.3 is 20.7 Å². The van der Waals surface area contributed by atoms with E-state index in [2.05, 4.69) is 5.32 Å². The van der Waals surface area contributed by atoms with Crippen LogP contribution in [0.15, 0.2) is 41.6 Å². The zero-order valence-corrected chi connectivity index (χ0v) is 14.5. The molecule has 1 aromatic rings. The van der Waals surface area contributed by atoms with Crippen LogP contribution in [0.5, 0.6) is 0 Å². The molecule has 2 amide bonds. The number of hydrogen-bond donors (Lipinski definition) is 2. The lowest BCUT2D eigenvalue weighted by atomic mass is 9.90. The largest absolute Gasteiger partial charge is 0.445 e. The summed E-state index contributed by atoms with van der Waals surface area (Å²) in [5.41, 5.74) is 8.19. The molecule has 0 radical (unpaired) electrons. The van der Waals surface area contributed by atoms with Gasteiger partial charge in [-0.2, -0.15) is 0 Å². The van der Waals surface area contributed by atoms with E-state index in [9.17, 15) is 9.59 Å². The molecule has 1 unspecified atom stereocenters. The van der Waals surface area contributed by atoms with Crippen LogP contribution in [0.4, 0.5) is 4.79 Å². The number of nitrogens with one attached hydrogen (secondary N) is 1. The fraction of sp³-hybridized carbons (Fsp3) is 0.474. The number of nitrogens with zero attached hydrogens (tertiary/aromatic N) is 1. The van der Waals surface area contributed by atoms with Crippen molar-refractivity contribution in [3.63, 3.8) is 0 Å². The van der Waals surface area contributed by atoms with Gasteiger partial charge >= 0.3 is 6.09 Å². The first kappa shape index (κ1) is 17.3. The van der Waals surface area contributed by atoms with Gasteiger partial charge in [-0.3, -0.25) is 4.79 Å². The van der Waals surface area contributed by atoms with E-state index in [0.717, 1.165) is 24.8 Å². The first-order valence-electron chi connectivity index (χ1n) is 8.78. The predicted molar refractivity (Wildman–Crippen MR) is 94.4 cm³/mol. The highest BCUT2D eigenvalue weighted by Crippen LogP contribution is 2.35. The molecule has 1 fully saturated rings. The summed E-state index contributed by atoms with van der Waals surface area (Å²) in [6.07, 6.45) is 3.57. The monoisotopic (exact) mass is 343 g/mol. The summed E-state index contributed by atoms with van der Waals surface area (Å²) in [4.78, 5) is 26.5. The van der Waals surface area contributed by atoms with Crippen LogP contribution in [0.1, 0.15) is 37.7 Å². The van der Waals surface area contributed by atoms with Crippen molar-refractivity contribution < 1.29 is 14.3 Å². The first-order chi connectivity index (χ1) is 12.1. The summed E-state index contributed by atoms with van der Waals surface area (Å²) in [6.45, 7) is 0.260. The van der Waals surface area contributed by atoms with Crippen LogP contribution >= 0.6 is 0 Å². The third kappa shape index (κ3) is 4.13. The maximum Gasteiger partial charge on any atom is 0.410 e. The van der Waals surface area contributed by atoms with Crippen molar-refractivity contribution >= 4 is 12.0 Å². The van der Waals surface area contributed by atoms with Gasteiger partial charge in [-0.05, 0) is 31.2 Å². The lowest BCUT2D eigenvalue weighted by Gasteiger charge is -2.34. The van der Waals surface area contributed by atoms with Crippen molar-refractivity contribution in [3.05, 3.63) is 47.2 Å². The van der Waals surface area contributed by atoms with E-state index in [1.165, 1.54) is 0 Å². The minimum absolute atomic E-state index is 0.0321. The highest BCUT2D eigenvalue weighted by atomic mass is 16.6. The summed E-state index contributed by atoms with van der Waals surface area (Å²) in [6, 6.07) is 9.83. The third-order valence-electron chi connectivity index (χ3n) is 4.83. The number of hydrogen-bond acceptors (Lipinski definition) is 4. The summed E-state index contributed by atoms with van der Waals surface area (Å²) in [7, 11) is 1.60. The minimum Gasteiger partial charge on any atom is -0.445 e. The Bertz CT molecular complexity index is 668. The fourth-order valence-electron chi connectivity index (χ4n) is 3.31. The molecule has 6 nitrogen and oxygen atoms in total. The molecule has 2 aliphatic rings. The molecule has 0 heterocycles. The van der Waals surface area contributed by atoms with Crippen molar-refractivity contribution in [2.45, 2.75) is 50.8 Å². The zero-order chi connectivity index (χ0) is 17.8. The van der Waals surface area contributed by atoms with Crippen LogP contribution in [0.2, 0.25) is 0 Å². The average molecular weight is 343 g/mol. The third-order valence-corrected chi connectivity index (χ3v) is 4.83. The Balaban J connectivity index is 1.67. The molecule has 0 aliphatic heterocycles. The van der Waals surface area contributed by atoms with Crippen LogP contribution in [0, 0.1) is 0 Å². The average Bonchev–Trinajstić information content (AvgIpc) is 3.46. The van der Waals surface area contributed by atoms with Crippen molar-refractivity contribution in [2.24, 2.45) is 5.73 Å². The van der Waals surface area contributed by atoms with Crippen LogP contribution in [0.25, 0.3) is 0 Å². The number of rotatable bonds is 5. The Morgan fingerprint density at radius 2 is 1.92 bits per heavy atom. The van der Waals surface area contributed by atoms with Crippen LogP contribution in [-0.4, -0.2) is 36.0 Å². The minimum atomic E-state index is -0.298. The molecule has 0 bridgehead atoms. The number of carbonyl (C=O) groups excluding carboxylic acids is 2. The fourth-order valence-corrected chi connectivity index (χ4v) is 3.31. The summed E-state index contributed by atoms with van der Waals surface area (Å²) < 4.78 is 5.53. The second-order valence-corrected chi connectivity index (χ2v) is 6.66. The normalized spacial score (nSPS) is 20.1. The Hall–Kier alpha value is -2.50. The van der Waals surface area contributed by atoms with Crippen molar-refractivity contribution in [2.75, 3.05) is 7.05 Å². The number of ether oxygens (including phenoxy) is 1. The van der Waals surface area contributed by atoms with Gasteiger partial charge in [0.25, 0.3) is 0 Å². The summed E-state index contributed by atoms with van der Waals surface area (Å²) in [5.74, 6) is -0.157. The smallest absolute Gasteiger partial charge is 0.410 e. The molecule has 6 heteroatoms. The molecule has 25 heavy (non-hydrogen) atoms. The number of nitrogens with two attached hydrogens (primary N) is 1. The number of allylic oxidation sites excluding steroid dienone is 1. The summed E-state index contributed by atoms with van der Waals surface area (Å²) >= 11 is 0. The predicted octanol–water partition coefficient (Wildman–Crippen LogP) is 2.30. The molecule has 2 aliphatic carbocycles. The Kier molecular flexibility index (Phi) is 5.26. The van der Waals surface area contributed by atoms with Crippen molar-refractivity contribution in [1.82, 2.24) is 10.2 Å². The molecular formula is C19H25N3O3. The molecule has 0 spiro atoms. The number of amides is 2. The summed E-state index contributed by atoms with van der Waals surface area (Å²) in [5, 5.41) is 2.63. The Morgan fingerprint density at radius 1 is 1.20 bits per heavy atom. The molecule has 3 rings (SSSR count). The van der Waals surface area contributed by atoms with Gasteiger partial charge in [0.2, 0.25) is 5.91 Å². The SMILES string of the molecule is CNC(=O)C1=C(N)CCC(N(C(=O)OCc2ccccc2)C2CC2)C1. The maximum absolute atomic E-state index is 12.7. The highest BCUT2D eigenvalue weighted by Gasteiger charge is 2.40. The molecule has 0 saturated heterocycles. The Labute approximate surface area is 148 Å². The number of carbonyl (C=O) groups is 2. The van der Waals surface area contributed by atoms with E-state index in [1.807, 2.05) is 35.2 Å². The molecule has 1 saturated carbocycles. The van der Waals surface area contributed by atoms with Gasteiger partial charge in [0.15, 0.2) is 0 Å². The van der Waals surface area contributed by atoms with E-state index in [-0.39, 0.29) is 30.7 Å². The maximum atomic E-state index is 12.7. The quantitative estimate of drug-likeness (QED) is 0.859. The molecular weight excluding hydrogens is 318 g/mol. The molecule has 0 aromatic heterocycles. The lowest BCUT2D eigenvalue weighted by molar-refractivity contribution is -0.117. The van der Waals surface area contributed by atoms with Gasteiger partial charge in [0, 0.05) is 36.8 Å². The van der Waals surface area contributed by atoms with Gasteiger partial charge in [0.1, 0.15) is 6.61 Å². The Morgan fingerprint density at radius 3 is 2.56 bits per heavy atom. The van der Waals surface area contributed by atoms with Crippen LogP contribution in [0.3, 0.4) is 0 Å². The van der Waals surface area contributed by atoms with E-state index >= 15 is 0 Å². The van der Waals surface area contributed by atoms with Gasteiger partial charge in [-0.1, -0.05) is 30.3 Å². The van der Waals surface area contributed by atoms with E-state index in [0.29, 0.717) is 24.1 Å². The molecule has 1 aromatic carbocycles. The van der Waals surface area contributed by atoms with Crippen molar-refractivity contribution in [3.8, 4) is 0 Å². The van der Waals surface area contributed by atoms with E-state index in [4.69, 9.17) is 10.5 Å². The number of likely N-dealkylation sites (N-methyl/N-ethyl adjacent to an activating group) is 1. The molecule has 3 N–H and O–H groups in total. The lowest BCUT2D eigenvalue weighted by Crippen LogP contribution is -2.45. The highest BCUT2D eigenvalue weighted by molar-refractivity contribution is 5.94. The topological polar surface area (TPSA) is 84.7 Å². The number of benzene rings is 1. The van der Waals surface area contributed by atoms with Crippen molar-refractivity contribution in [1.29, 1.82) is 0 Å². The zero-order valence-electron chi connectivity index (χ0n) is 14.5. The van der Waals surface area contributed by atoms with Gasteiger partial charge in [-0.25, -0.2) is 4.79 Å². The standard InChI is InChI=1S/C19H25N3O3/c1-21-18(23)16-11-15(9-10-17(16)20)22(14-7-8-14)19(24)25-12-13-5-3-2-4-6-13/h2-6,14-15H,7-12,20H2,1H3,(H,21,23).